The number of hydrogen-bond acceptors (Lipinski definition) is 3. The number of amides is 1. The molecule has 0 aromatic carbocycles. The van der Waals surface area contributed by atoms with Crippen molar-refractivity contribution in [2.75, 3.05) is 20.1 Å². The third-order valence-corrected chi connectivity index (χ3v) is 2.98. The van der Waals surface area contributed by atoms with Crippen molar-refractivity contribution in [1.82, 2.24) is 10.2 Å². The van der Waals surface area contributed by atoms with E-state index in [1.807, 2.05) is 20.8 Å². The maximum Gasteiger partial charge on any atom is 0.249 e. The van der Waals surface area contributed by atoms with Crippen LogP contribution >= 0.6 is 0 Å². The second kappa shape index (κ2) is 5.15. The summed E-state index contributed by atoms with van der Waals surface area (Å²) in [5, 5.41) is 12.8. The van der Waals surface area contributed by atoms with Crippen LogP contribution in [0.5, 0.6) is 0 Å². The Morgan fingerprint density at radius 3 is 2.31 bits per heavy atom. The lowest BCUT2D eigenvalue weighted by molar-refractivity contribution is -0.134. The molecule has 4 heteroatoms. The SMILES string of the molecule is CN1CCC(C(O)C(=O)NC(C)(C)C)CC1. The summed E-state index contributed by atoms with van der Waals surface area (Å²) in [5.74, 6) is -0.124. The molecule has 1 unspecified atom stereocenters. The first-order valence-corrected chi connectivity index (χ1v) is 5.98. The molecule has 1 atom stereocenters. The summed E-state index contributed by atoms with van der Waals surface area (Å²) in [5.41, 5.74) is -0.274. The fourth-order valence-electron chi connectivity index (χ4n) is 2.00. The summed E-state index contributed by atoms with van der Waals surface area (Å²) < 4.78 is 0. The van der Waals surface area contributed by atoms with Gasteiger partial charge in [0.05, 0.1) is 0 Å². The molecule has 2 N–H and O–H groups in total. The van der Waals surface area contributed by atoms with Gasteiger partial charge in [0, 0.05) is 5.54 Å². The highest BCUT2D eigenvalue weighted by molar-refractivity contribution is 5.81. The van der Waals surface area contributed by atoms with Crippen molar-refractivity contribution in [3.63, 3.8) is 0 Å². The first kappa shape index (κ1) is 13.5. The van der Waals surface area contributed by atoms with Gasteiger partial charge < -0.3 is 15.3 Å². The average molecular weight is 228 g/mol. The standard InChI is InChI=1S/C12H24N2O2/c1-12(2,3)13-11(16)10(15)9-5-7-14(4)8-6-9/h9-10,15H,5-8H2,1-4H3,(H,13,16). The molecule has 1 aliphatic heterocycles. The lowest BCUT2D eigenvalue weighted by atomic mass is 9.90. The Hall–Kier alpha value is -0.610. The van der Waals surface area contributed by atoms with Crippen LogP contribution in [0.15, 0.2) is 0 Å². The van der Waals surface area contributed by atoms with Crippen molar-refractivity contribution in [1.29, 1.82) is 0 Å². The van der Waals surface area contributed by atoms with Crippen molar-refractivity contribution < 1.29 is 9.90 Å². The van der Waals surface area contributed by atoms with Crippen LogP contribution in [0.25, 0.3) is 0 Å². The molecule has 1 saturated heterocycles. The van der Waals surface area contributed by atoms with Gasteiger partial charge >= 0.3 is 0 Å². The van der Waals surface area contributed by atoms with Gasteiger partial charge in [0.25, 0.3) is 0 Å². The van der Waals surface area contributed by atoms with Crippen LogP contribution in [0, 0.1) is 5.92 Å². The molecular formula is C12H24N2O2. The number of carbonyl (C=O) groups is 1. The zero-order chi connectivity index (χ0) is 12.3. The lowest BCUT2D eigenvalue weighted by Crippen LogP contribution is -2.49. The molecule has 1 rings (SSSR count). The largest absolute Gasteiger partial charge is 0.383 e. The Labute approximate surface area is 98.0 Å². The van der Waals surface area contributed by atoms with E-state index in [0.717, 1.165) is 25.9 Å². The average Bonchev–Trinajstić information content (AvgIpc) is 2.15. The molecule has 1 heterocycles. The highest BCUT2D eigenvalue weighted by Gasteiger charge is 2.30. The molecule has 0 aliphatic carbocycles. The lowest BCUT2D eigenvalue weighted by Gasteiger charge is -2.32. The zero-order valence-electron chi connectivity index (χ0n) is 10.8. The summed E-state index contributed by atoms with van der Waals surface area (Å²) in [6.45, 7) is 7.69. The molecule has 0 spiro atoms. The summed E-state index contributed by atoms with van der Waals surface area (Å²) in [4.78, 5) is 14.0. The van der Waals surface area contributed by atoms with Crippen molar-refractivity contribution >= 4 is 5.91 Å². The van der Waals surface area contributed by atoms with E-state index in [4.69, 9.17) is 0 Å². The highest BCUT2D eigenvalue weighted by Crippen LogP contribution is 2.20. The Balaban J connectivity index is 2.45. The second-order valence-corrected chi connectivity index (χ2v) is 5.82. The summed E-state index contributed by atoms with van der Waals surface area (Å²) >= 11 is 0. The van der Waals surface area contributed by atoms with E-state index in [1.54, 1.807) is 0 Å². The van der Waals surface area contributed by atoms with E-state index in [2.05, 4.69) is 17.3 Å². The van der Waals surface area contributed by atoms with Crippen LogP contribution in [0.1, 0.15) is 33.6 Å². The van der Waals surface area contributed by atoms with Crippen LogP contribution in [-0.4, -0.2) is 47.7 Å². The molecule has 0 aromatic heterocycles. The number of aliphatic hydroxyl groups is 1. The Morgan fingerprint density at radius 1 is 1.38 bits per heavy atom. The van der Waals surface area contributed by atoms with Crippen molar-refractivity contribution in [2.45, 2.75) is 45.3 Å². The van der Waals surface area contributed by atoms with Gasteiger partial charge in [0.15, 0.2) is 0 Å². The predicted molar refractivity (Wildman–Crippen MR) is 64.1 cm³/mol. The van der Waals surface area contributed by atoms with Crippen LogP contribution in [0.2, 0.25) is 0 Å². The highest BCUT2D eigenvalue weighted by atomic mass is 16.3. The molecule has 1 aliphatic rings. The van der Waals surface area contributed by atoms with Gasteiger partial charge in [-0.3, -0.25) is 4.79 Å². The Kier molecular flexibility index (Phi) is 4.33. The summed E-state index contributed by atoms with van der Waals surface area (Å²) in [6, 6.07) is 0. The smallest absolute Gasteiger partial charge is 0.249 e. The molecule has 0 bridgehead atoms. The van der Waals surface area contributed by atoms with Gasteiger partial charge in [-0.2, -0.15) is 0 Å². The van der Waals surface area contributed by atoms with Gasteiger partial charge in [0.1, 0.15) is 6.10 Å². The number of piperidine rings is 1. The minimum absolute atomic E-state index is 0.110. The molecule has 0 saturated carbocycles. The number of likely N-dealkylation sites (tertiary alicyclic amines) is 1. The van der Waals surface area contributed by atoms with E-state index < -0.39 is 6.10 Å². The van der Waals surface area contributed by atoms with Crippen LogP contribution in [-0.2, 0) is 4.79 Å². The van der Waals surface area contributed by atoms with Gasteiger partial charge in [-0.05, 0) is 59.7 Å². The molecule has 16 heavy (non-hydrogen) atoms. The fraction of sp³-hybridized carbons (Fsp3) is 0.917. The van der Waals surface area contributed by atoms with E-state index in [9.17, 15) is 9.90 Å². The van der Waals surface area contributed by atoms with Gasteiger partial charge in [0.2, 0.25) is 5.91 Å². The summed E-state index contributed by atoms with van der Waals surface area (Å²) in [6.07, 6.45) is 0.942. The fourth-order valence-corrected chi connectivity index (χ4v) is 2.00. The minimum atomic E-state index is -0.854. The van der Waals surface area contributed by atoms with E-state index in [-0.39, 0.29) is 17.4 Å². The van der Waals surface area contributed by atoms with Gasteiger partial charge in [-0.1, -0.05) is 0 Å². The van der Waals surface area contributed by atoms with E-state index in [0.29, 0.717) is 0 Å². The third kappa shape index (κ3) is 4.10. The van der Waals surface area contributed by atoms with Crippen LogP contribution in [0.4, 0.5) is 0 Å². The number of aliphatic hydroxyl groups excluding tert-OH is 1. The maximum absolute atomic E-state index is 11.8. The minimum Gasteiger partial charge on any atom is -0.383 e. The van der Waals surface area contributed by atoms with Crippen LogP contribution < -0.4 is 5.32 Å². The third-order valence-electron chi connectivity index (χ3n) is 2.98. The molecule has 94 valence electrons. The predicted octanol–water partition coefficient (Wildman–Crippen LogP) is 0.604. The quantitative estimate of drug-likeness (QED) is 0.728. The maximum atomic E-state index is 11.8. The van der Waals surface area contributed by atoms with Crippen molar-refractivity contribution in [3.05, 3.63) is 0 Å². The molecule has 1 amide bonds. The molecule has 1 fully saturated rings. The topological polar surface area (TPSA) is 52.6 Å². The number of carbonyl (C=O) groups excluding carboxylic acids is 1. The van der Waals surface area contributed by atoms with E-state index in [1.165, 1.54) is 0 Å². The molecular weight excluding hydrogens is 204 g/mol. The van der Waals surface area contributed by atoms with Crippen molar-refractivity contribution in [3.8, 4) is 0 Å². The van der Waals surface area contributed by atoms with Gasteiger partial charge in [-0.25, -0.2) is 0 Å². The van der Waals surface area contributed by atoms with E-state index >= 15 is 0 Å². The zero-order valence-corrected chi connectivity index (χ0v) is 10.8. The number of rotatable bonds is 2. The number of hydrogen-bond donors (Lipinski definition) is 2. The number of nitrogens with one attached hydrogen (secondary N) is 1. The normalized spacial score (nSPS) is 21.8. The first-order chi connectivity index (χ1) is 7.29. The molecule has 4 nitrogen and oxygen atoms in total. The monoisotopic (exact) mass is 228 g/mol. The molecule has 0 aromatic rings. The Morgan fingerprint density at radius 2 is 1.88 bits per heavy atom. The van der Waals surface area contributed by atoms with Crippen molar-refractivity contribution in [2.24, 2.45) is 5.92 Å². The van der Waals surface area contributed by atoms with Crippen LogP contribution in [0.3, 0.4) is 0 Å². The second-order valence-electron chi connectivity index (χ2n) is 5.82. The summed E-state index contributed by atoms with van der Waals surface area (Å²) in [7, 11) is 2.07. The molecule has 0 radical (unpaired) electrons. The number of nitrogens with zero attached hydrogens (tertiary/aromatic N) is 1. The first-order valence-electron chi connectivity index (χ1n) is 5.98. The Bertz CT molecular complexity index is 240. The van der Waals surface area contributed by atoms with Gasteiger partial charge in [-0.15, -0.1) is 0 Å².